The monoisotopic (exact) mass is 524 g/mol. The lowest BCUT2D eigenvalue weighted by Crippen LogP contribution is -2.36. The number of nitrogens with two attached hydrogens (primary N) is 1. The van der Waals surface area contributed by atoms with E-state index in [0.717, 1.165) is 22.4 Å². The molecule has 2 aromatic carbocycles. The Labute approximate surface area is 227 Å². The minimum Gasteiger partial charge on any atom is -0.384 e. The molecule has 39 heavy (non-hydrogen) atoms. The number of nitrogen functional groups attached to an aromatic ring is 1. The van der Waals surface area contributed by atoms with Gasteiger partial charge in [0.05, 0.1) is 11.9 Å². The van der Waals surface area contributed by atoms with E-state index in [1.165, 1.54) is 4.57 Å². The number of pyridine rings is 1. The molecule has 0 radical (unpaired) electrons. The summed E-state index contributed by atoms with van der Waals surface area (Å²) in [7, 11) is 1.57. The summed E-state index contributed by atoms with van der Waals surface area (Å²) < 4.78 is 7.10. The first kappa shape index (κ1) is 26.1. The highest BCUT2D eigenvalue weighted by molar-refractivity contribution is 5.81. The Morgan fingerprint density at radius 1 is 1.08 bits per heavy atom. The van der Waals surface area contributed by atoms with Gasteiger partial charge in [0.15, 0.2) is 5.82 Å². The summed E-state index contributed by atoms with van der Waals surface area (Å²) in [5.74, 6) is 0.368. The molecule has 9 heteroatoms. The number of methoxy groups -OCH3 is 1. The molecule has 0 fully saturated rings. The molecule has 0 spiro atoms. The van der Waals surface area contributed by atoms with Crippen molar-refractivity contribution in [2.24, 2.45) is 0 Å². The van der Waals surface area contributed by atoms with Crippen molar-refractivity contribution in [1.29, 1.82) is 0 Å². The van der Waals surface area contributed by atoms with E-state index in [1.807, 2.05) is 49.4 Å². The van der Waals surface area contributed by atoms with Crippen molar-refractivity contribution in [1.82, 2.24) is 19.9 Å². The minimum absolute atomic E-state index is 0.00873. The molecule has 0 unspecified atom stereocenters. The van der Waals surface area contributed by atoms with Gasteiger partial charge in [0.25, 0.3) is 5.56 Å². The Bertz CT molecular complexity index is 1470. The van der Waals surface area contributed by atoms with Crippen molar-refractivity contribution in [2.45, 2.75) is 38.0 Å². The summed E-state index contributed by atoms with van der Waals surface area (Å²) in [6, 6.07) is 23.1. The lowest BCUT2D eigenvalue weighted by Gasteiger charge is -2.20. The summed E-state index contributed by atoms with van der Waals surface area (Å²) >= 11 is 0. The summed E-state index contributed by atoms with van der Waals surface area (Å²) in [6.45, 7) is 2.59. The smallest absolute Gasteiger partial charge is 0.294 e. The normalized spacial score (nSPS) is 16.2. The van der Waals surface area contributed by atoms with E-state index < -0.39 is 12.1 Å². The maximum Gasteiger partial charge on any atom is 0.294 e. The van der Waals surface area contributed by atoms with Gasteiger partial charge in [-0.05, 0) is 29.7 Å². The van der Waals surface area contributed by atoms with Gasteiger partial charge in [-0.25, -0.2) is 9.97 Å². The first-order valence-electron chi connectivity index (χ1n) is 12.9. The molecular formula is C30H32N6O3. The molecule has 2 atom stereocenters. The fourth-order valence-corrected chi connectivity index (χ4v) is 5.12. The molecule has 0 aliphatic carbocycles. The van der Waals surface area contributed by atoms with Crippen molar-refractivity contribution in [3.8, 4) is 0 Å². The molecule has 4 N–H and O–H groups in total. The SMILES string of the molecule is CO[C@H]1C[C@@H](C(=O)NCc2ccc(N)nc2C)n2c1cnc(NCC(c1ccccc1)c1ccccc1)c2=O. The summed E-state index contributed by atoms with van der Waals surface area (Å²) in [5.41, 5.74) is 9.84. The molecule has 1 aliphatic heterocycles. The highest BCUT2D eigenvalue weighted by Crippen LogP contribution is 2.35. The van der Waals surface area contributed by atoms with Crippen molar-refractivity contribution < 1.29 is 9.53 Å². The van der Waals surface area contributed by atoms with Gasteiger partial charge in [0.2, 0.25) is 5.91 Å². The molecule has 0 saturated heterocycles. The van der Waals surface area contributed by atoms with Crippen LogP contribution in [0.3, 0.4) is 0 Å². The number of ether oxygens (including phenoxy) is 1. The van der Waals surface area contributed by atoms with Gasteiger partial charge in [-0.15, -0.1) is 0 Å². The maximum absolute atomic E-state index is 13.7. The zero-order valence-corrected chi connectivity index (χ0v) is 22.0. The second-order valence-electron chi connectivity index (χ2n) is 9.64. The maximum atomic E-state index is 13.7. The molecule has 0 saturated carbocycles. The highest BCUT2D eigenvalue weighted by atomic mass is 16.5. The number of nitrogens with zero attached hydrogens (tertiary/aromatic N) is 3. The average Bonchev–Trinajstić information content (AvgIpc) is 3.34. The number of fused-ring (bicyclic) bond motifs is 1. The van der Waals surface area contributed by atoms with Crippen molar-refractivity contribution >= 4 is 17.5 Å². The zero-order valence-electron chi connectivity index (χ0n) is 22.0. The van der Waals surface area contributed by atoms with Gasteiger partial charge in [-0.2, -0.15) is 0 Å². The van der Waals surface area contributed by atoms with E-state index in [4.69, 9.17) is 10.5 Å². The summed E-state index contributed by atoms with van der Waals surface area (Å²) in [5, 5.41) is 6.22. The topological polar surface area (TPSA) is 124 Å². The Hall–Kier alpha value is -4.50. The number of rotatable bonds is 9. The van der Waals surface area contributed by atoms with Crippen molar-refractivity contribution in [3.63, 3.8) is 0 Å². The van der Waals surface area contributed by atoms with E-state index in [-0.39, 0.29) is 29.7 Å². The van der Waals surface area contributed by atoms with E-state index in [0.29, 0.717) is 24.5 Å². The molecule has 9 nitrogen and oxygen atoms in total. The third-order valence-electron chi connectivity index (χ3n) is 7.24. The summed E-state index contributed by atoms with van der Waals surface area (Å²) in [6.07, 6.45) is 1.56. The quantitative estimate of drug-likeness (QED) is 0.305. The molecule has 3 heterocycles. The minimum atomic E-state index is -0.720. The van der Waals surface area contributed by atoms with Crippen LogP contribution in [-0.2, 0) is 16.1 Å². The first-order valence-corrected chi connectivity index (χ1v) is 12.9. The second kappa shape index (κ2) is 11.5. The lowest BCUT2D eigenvalue weighted by atomic mass is 9.91. The number of hydrogen-bond donors (Lipinski definition) is 3. The third-order valence-corrected chi connectivity index (χ3v) is 7.24. The van der Waals surface area contributed by atoms with E-state index >= 15 is 0 Å². The van der Waals surface area contributed by atoms with Crippen LogP contribution in [0.4, 0.5) is 11.6 Å². The van der Waals surface area contributed by atoms with Crippen LogP contribution < -0.4 is 21.9 Å². The number of benzene rings is 2. The van der Waals surface area contributed by atoms with Crippen LogP contribution in [-0.4, -0.2) is 34.1 Å². The van der Waals surface area contributed by atoms with E-state index in [1.54, 1.807) is 19.4 Å². The molecule has 0 bridgehead atoms. The number of nitrogens with one attached hydrogen (secondary N) is 2. The Morgan fingerprint density at radius 3 is 2.36 bits per heavy atom. The number of amides is 1. The number of anilines is 2. The number of carbonyl (C=O) groups is 1. The van der Waals surface area contributed by atoms with E-state index in [9.17, 15) is 9.59 Å². The molecule has 4 aromatic rings. The summed E-state index contributed by atoms with van der Waals surface area (Å²) in [4.78, 5) is 35.7. The first-order chi connectivity index (χ1) is 19.0. The number of carbonyl (C=O) groups excluding carboxylic acids is 1. The van der Waals surface area contributed by atoms with Crippen LogP contribution in [0.25, 0.3) is 0 Å². The van der Waals surface area contributed by atoms with Crippen LogP contribution >= 0.6 is 0 Å². The number of hydrogen-bond acceptors (Lipinski definition) is 7. The molecule has 200 valence electrons. The Kier molecular flexibility index (Phi) is 7.69. The van der Waals surface area contributed by atoms with Gasteiger partial charge < -0.3 is 21.1 Å². The van der Waals surface area contributed by atoms with Gasteiger partial charge in [-0.1, -0.05) is 66.7 Å². The van der Waals surface area contributed by atoms with Crippen LogP contribution in [0.2, 0.25) is 0 Å². The molecule has 5 rings (SSSR count). The third kappa shape index (κ3) is 5.53. The zero-order chi connectivity index (χ0) is 27.4. The van der Waals surface area contributed by atoms with Crippen LogP contribution in [0.1, 0.15) is 52.6 Å². The Balaban J connectivity index is 1.38. The van der Waals surface area contributed by atoms with Crippen molar-refractivity contribution in [2.75, 3.05) is 24.7 Å². The number of aryl methyl sites for hydroxylation is 1. The average molecular weight is 525 g/mol. The Morgan fingerprint density at radius 2 is 1.74 bits per heavy atom. The van der Waals surface area contributed by atoms with Gasteiger partial charge >= 0.3 is 0 Å². The van der Waals surface area contributed by atoms with Crippen LogP contribution in [0.15, 0.2) is 83.8 Å². The molecule has 1 aliphatic rings. The highest BCUT2D eigenvalue weighted by Gasteiger charge is 2.37. The second-order valence-corrected chi connectivity index (χ2v) is 9.64. The van der Waals surface area contributed by atoms with Gasteiger partial charge in [-0.3, -0.25) is 14.2 Å². The van der Waals surface area contributed by atoms with Gasteiger partial charge in [0, 0.05) is 38.2 Å². The molecule has 1 amide bonds. The lowest BCUT2D eigenvalue weighted by molar-refractivity contribution is -0.124. The molecular weight excluding hydrogens is 492 g/mol. The fourth-order valence-electron chi connectivity index (χ4n) is 5.12. The van der Waals surface area contributed by atoms with Crippen molar-refractivity contribution in [3.05, 3.63) is 117 Å². The fraction of sp³-hybridized carbons (Fsp3) is 0.267. The number of aromatic nitrogens is 3. The van der Waals surface area contributed by atoms with E-state index in [2.05, 4.69) is 44.9 Å². The predicted octanol–water partition coefficient (Wildman–Crippen LogP) is 3.72. The molecule has 2 aromatic heterocycles. The van der Waals surface area contributed by atoms with Crippen LogP contribution in [0, 0.1) is 6.92 Å². The van der Waals surface area contributed by atoms with Gasteiger partial charge in [0.1, 0.15) is 18.0 Å². The van der Waals surface area contributed by atoms with Crippen LogP contribution in [0.5, 0.6) is 0 Å². The standard InChI is InChI=1S/C30H32N6O3/c1-19-22(13-14-27(31)35-19)16-34-29(37)24-15-26(39-2)25-18-33-28(30(38)36(24)25)32-17-23(20-9-5-3-6-10-20)21-11-7-4-8-12-21/h3-14,18,23-24,26H,15-17H2,1-2H3,(H2,31,35)(H,32,33)(H,34,37)/t24-,26-/m0/s1. The largest absolute Gasteiger partial charge is 0.384 e. The predicted molar refractivity (Wildman–Crippen MR) is 150 cm³/mol.